The molecule has 29 heavy (non-hydrogen) atoms. The molecule has 0 spiro atoms. The lowest BCUT2D eigenvalue weighted by Crippen LogP contribution is -2.04. The number of hydrogen-bond acceptors (Lipinski definition) is 6. The molecular formula is C21H22N3O3S2-. The van der Waals surface area contributed by atoms with Gasteiger partial charge < -0.3 is 15.6 Å². The van der Waals surface area contributed by atoms with Gasteiger partial charge in [-0.1, -0.05) is 70.9 Å². The normalized spacial score (nSPS) is 12.0. The zero-order valence-corrected chi connectivity index (χ0v) is 17.6. The lowest BCUT2D eigenvalue weighted by molar-refractivity contribution is -0.114. The average Bonchev–Trinajstić information content (AvgIpc) is 3.10. The molecule has 3 aromatic rings. The smallest absolute Gasteiger partial charge is 0.223 e. The number of aryl methyl sites for hydroxylation is 1. The van der Waals surface area contributed by atoms with Crippen LogP contribution in [0.4, 0.5) is 5.13 Å². The second-order valence-electron chi connectivity index (χ2n) is 6.61. The van der Waals surface area contributed by atoms with Crippen molar-refractivity contribution in [3.8, 4) is 21.7 Å². The minimum atomic E-state index is -2.12. The monoisotopic (exact) mass is 428 g/mol. The van der Waals surface area contributed by atoms with Gasteiger partial charge >= 0.3 is 0 Å². The summed E-state index contributed by atoms with van der Waals surface area (Å²) in [6, 6.07) is 15.5. The molecule has 0 fully saturated rings. The van der Waals surface area contributed by atoms with Crippen LogP contribution in [-0.2, 0) is 28.0 Å². The Bertz CT molecular complexity index is 999. The molecular weight excluding hydrogens is 406 g/mol. The molecule has 1 aromatic heterocycles. The quantitative estimate of drug-likeness (QED) is 0.532. The molecule has 8 heteroatoms. The lowest BCUT2D eigenvalue weighted by Gasteiger charge is -2.07. The number of aromatic nitrogens is 1. The molecule has 0 saturated carbocycles. The first-order valence-electron chi connectivity index (χ1n) is 9.19. The van der Waals surface area contributed by atoms with E-state index in [0.29, 0.717) is 11.7 Å². The van der Waals surface area contributed by atoms with Crippen LogP contribution in [0, 0.1) is 0 Å². The molecule has 1 heterocycles. The fourth-order valence-electron chi connectivity index (χ4n) is 2.94. The maximum absolute atomic E-state index is 11.5. The molecule has 0 aliphatic heterocycles. The number of nitrogens with two attached hydrogens (primary N) is 1. The van der Waals surface area contributed by atoms with E-state index < -0.39 is 11.1 Å². The maximum atomic E-state index is 11.5. The highest BCUT2D eigenvalue weighted by Gasteiger charge is 2.16. The van der Waals surface area contributed by atoms with Gasteiger partial charge in [-0.15, -0.1) is 0 Å². The van der Waals surface area contributed by atoms with E-state index in [2.05, 4.69) is 22.4 Å². The second-order valence-corrected chi connectivity index (χ2v) is 8.51. The number of nitrogens with one attached hydrogen (secondary N) is 1. The van der Waals surface area contributed by atoms with Crippen LogP contribution in [0.15, 0.2) is 48.5 Å². The van der Waals surface area contributed by atoms with E-state index in [4.69, 9.17) is 5.73 Å². The number of anilines is 1. The number of hydrogen-bond donors (Lipinski definition) is 2. The van der Waals surface area contributed by atoms with Crippen molar-refractivity contribution < 1.29 is 13.6 Å². The Morgan fingerprint density at radius 1 is 1.10 bits per heavy atom. The summed E-state index contributed by atoms with van der Waals surface area (Å²) >= 11 is -0.732. The van der Waals surface area contributed by atoms with Crippen molar-refractivity contribution in [1.82, 2.24) is 4.98 Å². The highest BCUT2D eigenvalue weighted by atomic mass is 32.2. The molecule has 152 valence electrons. The minimum absolute atomic E-state index is 0.0166. The molecule has 3 N–H and O–H groups in total. The third-order valence-corrected chi connectivity index (χ3v) is 5.90. The Balaban J connectivity index is 1.96. The molecule has 3 rings (SSSR count). The van der Waals surface area contributed by atoms with Gasteiger partial charge in [-0.3, -0.25) is 9.00 Å². The van der Waals surface area contributed by atoms with Crippen LogP contribution in [0.3, 0.4) is 0 Å². The van der Waals surface area contributed by atoms with Crippen molar-refractivity contribution in [2.24, 2.45) is 5.73 Å². The Labute approximate surface area is 176 Å². The number of thiazole rings is 1. The Kier molecular flexibility index (Phi) is 7.27. The molecule has 2 aromatic carbocycles. The summed E-state index contributed by atoms with van der Waals surface area (Å²) in [7, 11) is 0. The molecule has 0 radical (unpaired) electrons. The molecule has 0 bridgehead atoms. The average molecular weight is 429 g/mol. The first-order chi connectivity index (χ1) is 14.0. The molecule has 1 atom stereocenters. The lowest BCUT2D eigenvalue weighted by atomic mass is 10.0. The highest BCUT2D eigenvalue weighted by Crippen LogP contribution is 2.39. The predicted octanol–water partition coefficient (Wildman–Crippen LogP) is 3.71. The fraction of sp³-hybridized carbons (Fsp3) is 0.238. The molecule has 0 saturated heterocycles. The van der Waals surface area contributed by atoms with Crippen molar-refractivity contribution >= 4 is 33.5 Å². The van der Waals surface area contributed by atoms with Crippen LogP contribution in [-0.4, -0.2) is 26.2 Å². The van der Waals surface area contributed by atoms with Crippen molar-refractivity contribution in [2.75, 3.05) is 11.9 Å². The summed E-state index contributed by atoms with van der Waals surface area (Å²) in [5, 5.41) is 3.28. The number of nitrogens with zero attached hydrogens (tertiary/aromatic N) is 1. The van der Waals surface area contributed by atoms with E-state index in [0.717, 1.165) is 40.1 Å². The van der Waals surface area contributed by atoms with Gasteiger partial charge in [-0.2, -0.15) is 0 Å². The van der Waals surface area contributed by atoms with Crippen LogP contribution in [0.25, 0.3) is 21.7 Å². The zero-order chi connectivity index (χ0) is 20.8. The summed E-state index contributed by atoms with van der Waals surface area (Å²) in [5.41, 5.74) is 10.2. The van der Waals surface area contributed by atoms with Gasteiger partial charge in [0.15, 0.2) is 5.13 Å². The van der Waals surface area contributed by atoms with Gasteiger partial charge in [0.05, 0.1) is 10.6 Å². The summed E-state index contributed by atoms with van der Waals surface area (Å²) in [6.45, 7) is 2.11. The molecule has 0 aliphatic carbocycles. The predicted molar refractivity (Wildman–Crippen MR) is 117 cm³/mol. The van der Waals surface area contributed by atoms with Gasteiger partial charge in [-0.05, 0) is 36.1 Å². The third-order valence-electron chi connectivity index (χ3n) is 4.31. The first kappa shape index (κ1) is 21.3. The van der Waals surface area contributed by atoms with Crippen LogP contribution >= 0.6 is 11.3 Å². The topological polar surface area (TPSA) is 108 Å². The van der Waals surface area contributed by atoms with Crippen molar-refractivity contribution in [3.63, 3.8) is 0 Å². The first-order valence-corrected chi connectivity index (χ1v) is 11.3. The number of amides is 1. The third kappa shape index (κ3) is 5.80. The minimum Gasteiger partial charge on any atom is -0.772 e. The van der Waals surface area contributed by atoms with Crippen molar-refractivity contribution in [1.29, 1.82) is 0 Å². The number of benzene rings is 2. The summed E-state index contributed by atoms with van der Waals surface area (Å²) in [4.78, 5) is 17.0. The molecule has 1 unspecified atom stereocenters. The van der Waals surface area contributed by atoms with E-state index in [1.807, 2.05) is 24.3 Å². The standard InChI is InChI=1S/C21H23N3O3S2/c1-14(25)23-21-24-19(17-8-4-15(5-9-17)3-2-12-22)20(28-21)18-10-6-16(7-11-18)13-29(26)27/h4-11H,2-3,12-13,22H2,1H3,(H,26,27)(H,23,24,25)/p-1. The van der Waals surface area contributed by atoms with Crippen molar-refractivity contribution in [2.45, 2.75) is 25.5 Å². The van der Waals surface area contributed by atoms with Gasteiger partial charge in [0.25, 0.3) is 0 Å². The van der Waals surface area contributed by atoms with E-state index in [1.54, 1.807) is 12.1 Å². The van der Waals surface area contributed by atoms with Gasteiger partial charge in [0.2, 0.25) is 5.91 Å². The molecule has 0 aliphatic rings. The van der Waals surface area contributed by atoms with Gasteiger partial charge in [0.1, 0.15) is 0 Å². The molecule has 1 amide bonds. The van der Waals surface area contributed by atoms with Gasteiger partial charge in [-0.25, -0.2) is 4.98 Å². The van der Waals surface area contributed by atoms with Crippen molar-refractivity contribution in [3.05, 3.63) is 59.7 Å². The van der Waals surface area contributed by atoms with E-state index >= 15 is 0 Å². The number of carbonyl (C=O) groups excluding carboxylic acids is 1. The summed E-state index contributed by atoms with van der Waals surface area (Å²) < 4.78 is 21.8. The highest BCUT2D eigenvalue weighted by molar-refractivity contribution is 7.78. The molecule has 6 nitrogen and oxygen atoms in total. The van der Waals surface area contributed by atoms with Crippen LogP contribution in [0.2, 0.25) is 0 Å². The van der Waals surface area contributed by atoms with Gasteiger partial charge in [0, 0.05) is 18.2 Å². The Hall–Kier alpha value is -2.39. The fourth-order valence-corrected chi connectivity index (χ4v) is 4.44. The Morgan fingerprint density at radius 3 is 2.31 bits per heavy atom. The summed E-state index contributed by atoms with van der Waals surface area (Å²) in [5.74, 6) is -0.195. The van der Waals surface area contributed by atoms with Crippen LogP contribution in [0.5, 0.6) is 0 Å². The number of rotatable bonds is 8. The zero-order valence-electron chi connectivity index (χ0n) is 16.0. The maximum Gasteiger partial charge on any atom is 0.223 e. The number of carbonyl (C=O) groups is 1. The van der Waals surface area contributed by atoms with E-state index in [9.17, 15) is 13.6 Å². The van der Waals surface area contributed by atoms with E-state index in [1.165, 1.54) is 23.8 Å². The largest absolute Gasteiger partial charge is 0.772 e. The Morgan fingerprint density at radius 2 is 1.72 bits per heavy atom. The second kappa shape index (κ2) is 9.89. The van der Waals surface area contributed by atoms with Crippen LogP contribution < -0.4 is 11.1 Å². The summed E-state index contributed by atoms with van der Waals surface area (Å²) in [6.07, 6.45) is 1.87. The van der Waals surface area contributed by atoms with Crippen LogP contribution in [0.1, 0.15) is 24.5 Å². The SMILES string of the molecule is CC(=O)Nc1nc(-c2ccc(CCCN)cc2)c(-c2ccc(CS(=O)[O-])cc2)s1. The van der Waals surface area contributed by atoms with E-state index in [-0.39, 0.29) is 11.7 Å².